The summed E-state index contributed by atoms with van der Waals surface area (Å²) in [5.74, 6) is 1.38. The minimum absolute atomic E-state index is 0.0279. The van der Waals surface area contributed by atoms with E-state index in [0.717, 1.165) is 29.7 Å². The Morgan fingerprint density at radius 3 is 2.45 bits per heavy atom. The van der Waals surface area contributed by atoms with Gasteiger partial charge in [-0.15, -0.1) is 0 Å². The molecule has 0 bridgehead atoms. The molecule has 1 aliphatic carbocycles. The highest BCUT2D eigenvalue weighted by Gasteiger charge is 2.28. The van der Waals surface area contributed by atoms with Crippen LogP contribution in [0.2, 0.25) is 0 Å². The predicted molar refractivity (Wildman–Crippen MR) is 152 cm³/mol. The van der Waals surface area contributed by atoms with E-state index in [1.54, 1.807) is 35.1 Å². The molecule has 2 heterocycles. The zero-order chi connectivity index (χ0) is 28.2. The van der Waals surface area contributed by atoms with Gasteiger partial charge in [-0.3, -0.25) is 14.3 Å². The lowest BCUT2D eigenvalue weighted by Gasteiger charge is -2.33. The van der Waals surface area contributed by atoms with Crippen LogP contribution in [-0.2, 0) is 31.2 Å². The molecule has 2 aromatic carbocycles. The molecule has 0 spiro atoms. The minimum atomic E-state index is -1.01. The van der Waals surface area contributed by atoms with Crippen LogP contribution < -0.4 is 14.8 Å². The zero-order valence-corrected chi connectivity index (χ0v) is 23.9. The fourth-order valence-corrected chi connectivity index (χ4v) is 5.58. The number of hydrogen-bond donors (Lipinski definition) is 1. The summed E-state index contributed by atoms with van der Waals surface area (Å²) in [6.45, 7) is 2.89. The number of nitrogens with one attached hydrogen (secondary N) is 1. The number of benzene rings is 2. The van der Waals surface area contributed by atoms with E-state index < -0.39 is 11.0 Å². The van der Waals surface area contributed by atoms with Crippen molar-refractivity contribution < 1.29 is 23.3 Å². The van der Waals surface area contributed by atoms with E-state index in [1.807, 2.05) is 47.8 Å². The Balaban J connectivity index is 1.16. The first-order valence-corrected chi connectivity index (χ1v) is 14.9. The van der Waals surface area contributed by atoms with E-state index in [0.29, 0.717) is 61.5 Å². The van der Waals surface area contributed by atoms with Crippen molar-refractivity contribution in [2.24, 2.45) is 7.05 Å². The van der Waals surface area contributed by atoms with E-state index in [2.05, 4.69) is 10.4 Å². The molecule has 40 heavy (non-hydrogen) atoms. The van der Waals surface area contributed by atoms with Gasteiger partial charge in [0.25, 0.3) is 11.8 Å². The molecule has 2 aliphatic rings. The number of methoxy groups -OCH3 is 1. The third-order valence-electron chi connectivity index (χ3n) is 7.33. The fourth-order valence-electron chi connectivity index (χ4n) is 4.90. The molecule has 1 aliphatic heterocycles. The van der Waals surface area contributed by atoms with Crippen LogP contribution in [-0.4, -0.2) is 74.6 Å². The van der Waals surface area contributed by atoms with Crippen molar-refractivity contribution in [3.63, 3.8) is 0 Å². The molecule has 5 rings (SSSR count). The molecule has 1 atom stereocenters. The Morgan fingerprint density at radius 2 is 1.80 bits per heavy atom. The summed E-state index contributed by atoms with van der Waals surface area (Å²) in [7, 11) is 2.44. The fraction of sp³-hybridized carbons (Fsp3) is 0.414. The Labute approximate surface area is 236 Å². The Bertz CT molecular complexity index is 1390. The van der Waals surface area contributed by atoms with Crippen LogP contribution in [0.25, 0.3) is 0 Å². The van der Waals surface area contributed by atoms with E-state index >= 15 is 0 Å². The third-order valence-corrected chi connectivity index (χ3v) is 8.43. The highest BCUT2D eigenvalue weighted by molar-refractivity contribution is 7.81. The van der Waals surface area contributed by atoms with Crippen LogP contribution in [0.3, 0.4) is 0 Å². The normalized spacial score (nSPS) is 16.4. The average molecular weight is 566 g/mol. The van der Waals surface area contributed by atoms with Crippen LogP contribution in [0.4, 0.5) is 0 Å². The summed E-state index contributed by atoms with van der Waals surface area (Å²) >= 11 is 0. The van der Waals surface area contributed by atoms with Crippen molar-refractivity contribution in [3.8, 4) is 11.5 Å². The molecule has 1 unspecified atom stereocenters. The molecule has 1 N–H and O–H groups in total. The van der Waals surface area contributed by atoms with Crippen LogP contribution in [0, 0.1) is 0 Å². The van der Waals surface area contributed by atoms with Gasteiger partial charge < -0.3 is 19.7 Å². The Hall–Kier alpha value is -3.70. The van der Waals surface area contributed by atoms with E-state index in [9.17, 15) is 13.8 Å². The second kappa shape index (κ2) is 12.2. The van der Waals surface area contributed by atoms with Gasteiger partial charge in [0.15, 0.2) is 11.5 Å². The smallest absolute Gasteiger partial charge is 0.272 e. The number of para-hydroxylation sites is 1. The van der Waals surface area contributed by atoms with E-state index in [-0.39, 0.29) is 18.4 Å². The number of hydrogen-bond acceptors (Lipinski definition) is 6. The predicted octanol–water partition coefficient (Wildman–Crippen LogP) is 2.87. The molecular weight excluding hydrogens is 530 g/mol. The van der Waals surface area contributed by atoms with Crippen LogP contribution in [0.1, 0.15) is 56.4 Å². The topological polar surface area (TPSA) is 106 Å². The summed E-state index contributed by atoms with van der Waals surface area (Å²) in [6, 6.07) is 14.8. The number of aryl methyl sites for hydroxylation is 1. The standard InChI is InChI=1S/C29H35N5O5S/c1-32-25(21-11-12-21)17-24(31-32)28(35)30-18-23-5-4-6-26(27(23)38-2)39-19-20-7-9-22(10-8-20)29(36)33-13-15-34(16-14-33)40(3)37/h4-10,17,21H,11-16,18-19H2,1-3H3,(H,30,35). The first-order valence-electron chi connectivity index (χ1n) is 13.4. The molecular formula is C29H35N5O5S. The third kappa shape index (κ3) is 6.37. The van der Waals surface area contributed by atoms with Crippen LogP contribution in [0.15, 0.2) is 48.5 Å². The molecule has 1 saturated heterocycles. The van der Waals surface area contributed by atoms with Gasteiger partial charge in [0.05, 0.1) is 18.1 Å². The maximum atomic E-state index is 12.9. The number of carbonyl (C=O) groups excluding carboxylic acids is 2. The van der Waals surface area contributed by atoms with Gasteiger partial charge >= 0.3 is 0 Å². The number of rotatable bonds is 10. The van der Waals surface area contributed by atoms with Crippen molar-refractivity contribution in [2.45, 2.75) is 31.9 Å². The lowest BCUT2D eigenvalue weighted by atomic mass is 10.1. The van der Waals surface area contributed by atoms with Crippen molar-refractivity contribution >= 4 is 22.8 Å². The summed E-state index contributed by atoms with van der Waals surface area (Å²) in [5, 5.41) is 7.31. The van der Waals surface area contributed by atoms with Crippen molar-refractivity contribution in [1.29, 1.82) is 0 Å². The Morgan fingerprint density at radius 1 is 1.07 bits per heavy atom. The second-order valence-corrected chi connectivity index (χ2v) is 11.5. The molecule has 2 amide bonds. The average Bonchev–Trinajstić information content (AvgIpc) is 3.75. The summed E-state index contributed by atoms with van der Waals surface area (Å²) < 4.78 is 27.0. The van der Waals surface area contributed by atoms with E-state index in [4.69, 9.17) is 9.47 Å². The molecule has 1 aromatic heterocycles. The SMILES string of the molecule is COc1c(CNC(=O)c2cc(C3CC3)n(C)n2)cccc1OCc1ccc(C(=O)N2CCN(S(C)=O)CC2)cc1. The minimum Gasteiger partial charge on any atom is -0.493 e. The number of ether oxygens (including phenoxy) is 2. The first-order chi connectivity index (χ1) is 19.3. The number of aromatic nitrogens is 2. The zero-order valence-electron chi connectivity index (χ0n) is 23.1. The molecule has 11 heteroatoms. The monoisotopic (exact) mass is 565 g/mol. The first kappa shape index (κ1) is 27.9. The molecule has 0 radical (unpaired) electrons. The highest BCUT2D eigenvalue weighted by atomic mass is 32.2. The van der Waals surface area contributed by atoms with Gasteiger partial charge in [0.2, 0.25) is 0 Å². The van der Waals surface area contributed by atoms with Crippen LogP contribution in [0.5, 0.6) is 11.5 Å². The molecule has 212 valence electrons. The lowest BCUT2D eigenvalue weighted by Crippen LogP contribution is -2.48. The second-order valence-electron chi connectivity index (χ2n) is 10.1. The van der Waals surface area contributed by atoms with Gasteiger partial charge in [0.1, 0.15) is 12.3 Å². The quantitative estimate of drug-likeness (QED) is 0.405. The van der Waals surface area contributed by atoms with Gasteiger partial charge in [-0.2, -0.15) is 5.10 Å². The van der Waals surface area contributed by atoms with Gasteiger partial charge in [-0.05, 0) is 42.7 Å². The summed E-state index contributed by atoms with van der Waals surface area (Å²) in [4.78, 5) is 27.4. The Kier molecular flexibility index (Phi) is 8.51. The number of piperazine rings is 1. The van der Waals surface area contributed by atoms with Gasteiger partial charge in [-0.25, -0.2) is 8.51 Å². The molecule has 3 aromatic rings. The lowest BCUT2D eigenvalue weighted by molar-refractivity contribution is 0.0701. The maximum Gasteiger partial charge on any atom is 0.272 e. The van der Waals surface area contributed by atoms with E-state index in [1.165, 1.54) is 0 Å². The number of amides is 2. The largest absolute Gasteiger partial charge is 0.493 e. The maximum absolute atomic E-state index is 12.9. The molecule has 1 saturated carbocycles. The number of nitrogens with zero attached hydrogens (tertiary/aromatic N) is 4. The van der Waals surface area contributed by atoms with Crippen molar-refractivity contribution in [2.75, 3.05) is 39.5 Å². The van der Waals surface area contributed by atoms with Crippen molar-refractivity contribution in [1.82, 2.24) is 24.3 Å². The molecule has 10 nitrogen and oxygen atoms in total. The highest BCUT2D eigenvalue weighted by Crippen LogP contribution is 2.40. The molecule has 2 fully saturated rings. The number of carbonyl (C=O) groups is 2. The summed E-state index contributed by atoms with van der Waals surface area (Å²) in [6.07, 6.45) is 3.96. The van der Waals surface area contributed by atoms with Crippen molar-refractivity contribution in [3.05, 3.63) is 76.6 Å². The van der Waals surface area contributed by atoms with Gasteiger partial charge in [-0.1, -0.05) is 24.3 Å². The van der Waals surface area contributed by atoms with Gasteiger partial charge in [0, 0.05) is 68.8 Å². The van der Waals surface area contributed by atoms with Crippen LogP contribution >= 0.6 is 0 Å². The summed E-state index contributed by atoms with van der Waals surface area (Å²) in [5.41, 5.74) is 3.83.